The Kier molecular flexibility index (Phi) is 9.82. The van der Waals surface area contributed by atoms with Crippen LogP contribution >= 0.6 is 0 Å². The highest BCUT2D eigenvalue weighted by Crippen LogP contribution is 2.31. The van der Waals surface area contributed by atoms with E-state index in [2.05, 4.69) is 13.8 Å². The van der Waals surface area contributed by atoms with Crippen molar-refractivity contribution in [1.29, 1.82) is 0 Å². The summed E-state index contributed by atoms with van der Waals surface area (Å²) in [6.45, 7) is 8.53. The molecule has 0 radical (unpaired) electrons. The molecule has 1 atom stereocenters. The quantitative estimate of drug-likeness (QED) is 0.383. The summed E-state index contributed by atoms with van der Waals surface area (Å²) in [6, 6.07) is 13.3. The summed E-state index contributed by atoms with van der Waals surface area (Å²) in [5.41, 5.74) is 1.78. The summed E-state index contributed by atoms with van der Waals surface area (Å²) in [5.74, 6) is 1.66. The number of aliphatic hydroxyl groups excluding tert-OH is 2. The molecule has 0 fully saturated rings. The third-order valence-corrected chi connectivity index (χ3v) is 5.95. The molecule has 0 aliphatic heterocycles. The Balaban J connectivity index is 2.07. The van der Waals surface area contributed by atoms with E-state index < -0.39 is 5.60 Å². The SMILES string of the molecule is CCC(O)(CC)CCCOc1cccc(C(Oc2ccc(CO)c(CO)c2)C(C)C)c1. The molecular formula is C26H38O5. The zero-order valence-corrected chi connectivity index (χ0v) is 19.3. The van der Waals surface area contributed by atoms with Gasteiger partial charge in [0.1, 0.15) is 17.6 Å². The molecule has 0 aromatic heterocycles. The highest BCUT2D eigenvalue weighted by atomic mass is 16.5. The van der Waals surface area contributed by atoms with E-state index in [4.69, 9.17) is 9.47 Å². The Morgan fingerprint density at radius 2 is 1.61 bits per heavy atom. The molecule has 0 saturated heterocycles. The minimum Gasteiger partial charge on any atom is -0.494 e. The van der Waals surface area contributed by atoms with Crippen LogP contribution in [0.4, 0.5) is 0 Å². The smallest absolute Gasteiger partial charge is 0.126 e. The largest absolute Gasteiger partial charge is 0.494 e. The molecule has 3 N–H and O–H groups in total. The van der Waals surface area contributed by atoms with Gasteiger partial charge in [-0.3, -0.25) is 0 Å². The third kappa shape index (κ3) is 7.23. The van der Waals surface area contributed by atoms with E-state index in [0.717, 1.165) is 37.0 Å². The van der Waals surface area contributed by atoms with Crippen molar-refractivity contribution in [2.24, 2.45) is 5.92 Å². The van der Waals surface area contributed by atoms with E-state index >= 15 is 0 Å². The van der Waals surface area contributed by atoms with Gasteiger partial charge in [-0.25, -0.2) is 0 Å². The van der Waals surface area contributed by atoms with E-state index in [0.29, 0.717) is 23.5 Å². The molecule has 31 heavy (non-hydrogen) atoms. The van der Waals surface area contributed by atoms with Gasteiger partial charge in [0.25, 0.3) is 0 Å². The number of benzene rings is 2. The summed E-state index contributed by atoms with van der Waals surface area (Å²) in [7, 11) is 0. The zero-order valence-electron chi connectivity index (χ0n) is 19.3. The number of hydrogen-bond acceptors (Lipinski definition) is 5. The van der Waals surface area contributed by atoms with Gasteiger partial charge in [0.2, 0.25) is 0 Å². The monoisotopic (exact) mass is 430 g/mol. The first-order chi connectivity index (χ1) is 14.9. The molecule has 0 aliphatic carbocycles. The van der Waals surface area contributed by atoms with Gasteiger partial charge in [-0.15, -0.1) is 0 Å². The molecule has 2 aromatic carbocycles. The van der Waals surface area contributed by atoms with Crippen molar-refractivity contribution in [2.75, 3.05) is 6.61 Å². The van der Waals surface area contributed by atoms with Crippen LogP contribution in [0.25, 0.3) is 0 Å². The van der Waals surface area contributed by atoms with Crippen molar-refractivity contribution in [2.45, 2.75) is 78.3 Å². The molecule has 2 aromatic rings. The first-order valence-electron chi connectivity index (χ1n) is 11.3. The van der Waals surface area contributed by atoms with Crippen molar-refractivity contribution >= 4 is 0 Å². The molecule has 0 saturated carbocycles. The Hall–Kier alpha value is -2.08. The van der Waals surface area contributed by atoms with Crippen molar-refractivity contribution in [3.05, 3.63) is 59.2 Å². The van der Waals surface area contributed by atoms with Crippen LogP contribution in [0.5, 0.6) is 11.5 Å². The van der Waals surface area contributed by atoms with Crippen LogP contribution in [-0.2, 0) is 13.2 Å². The van der Waals surface area contributed by atoms with Gasteiger partial charge in [0, 0.05) is 0 Å². The van der Waals surface area contributed by atoms with E-state index in [-0.39, 0.29) is 25.2 Å². The number of rotatable bonds is 13. The van der Waals surface area contributed by atoms with Crippen molar-refractivity contribution < 1.29 is 24.8 Å². The molecule has 0 aliphatic rings. The molecule has 0 heterocycles. The first-order valence-corrected chi connectivity index (χ1v) is 11.3. The average Bonchev–Trinajstić information content (AvgIpc) is 2.79. The van der Waals surface area contributed by atoms with Crippen molar-refractivity contribution in [3.8, 4) is 11.5 Å². The summed E-state index contributed by atoms with van der Waals surface area (Å²) in [6.07, 6.45) is 2.86. The van der Waals surface area contributed by atoms with Gasteiger partial charge in [-0.1, -0.05) is 45.9 Å². The minimum atomic E-state index is -0.596. The van der Waals surface area contributed by atoms with Gasteiger partial charge in [-0.05, 0) is 72.6 Å². The van der Waals surface area contributed by atoms with Crippen LogP contribution in [0.3, 0.4) is 0 Å². The van der Waals surface area contributed by atoms with Gasteiger partial charge in [-0.2, -0.15) is 0 Å². The lowest BCUT2D eigenvalue weighted by Crippen LogP contribution is -2.27. The Morgan fingerprint density at radius 3 is 2.23 bits per heavy atom. The van der Waals surface area contributed by atoms with Crippen LogP contribution in [0, 0.1) is 5.92 Å². The lowest BCUT2D eigenvalue weighted by Gasteiger charge is -2.25. The average molecular weight is 431 g/mol. The number of ether oxygens (including phenoxy) is 2. The molecule has 2 rings (SSSR count). The maximum Gasteiger partial charge on any atom is 0.126 e. The van der Waals surface area contributed by atoms with Gasteiger partial charge in [0.15, 0.2) is 0 Å². The van der Waals surface area contributed by atoms with E-state index in [1.807, 2.05) is 44.2 Å². The Bertz CT molecular complexity index is 798. The minimum absolute atomic E-state index is 0.114. The van der Waals surface area contributed by atoms with Crippen molar-refractivity contribution in [3.63, 3.8) is 0 Å². The van der Waals surface area contributed by atoms with Crippen LogP contribution in [-0.4, -0.2) is 27.5 Å². The topological polar surface area (TPSA) is 79.2 Å². The normalized spacial score (nSPS) is 12.8. The molecule has 0 spiro atoms. The second kappa shape index (κ2) is 12.1. The summed E-state index contributed by atoms with van der Waals surface area (Å²) < 4.78 is 12.2. The van der Waals surface area contributed by atoms with Gasteiger partial charge in [0.05, 0.1) is 25.4 Å². The highest BCUT2D eigenvalue weighted by Gasteiger charge is 2.22. The molecule has 1 unspecified atom stereocenters. The second-order valence-corrected chi connectivity index (χ2v) is 8.49. The van der Waals surface area contributed by atoms with E-state index in [1.54, 1.807) is 12.1 Å². The molecule has 5 nitrogen and oxygen atoms in total. The predicted molar refractivity (Wildman–Crippen MR) is 123 cm³/mol. The zero-order chi connectivity index (χ0) is 22.9. The van der Waals surface area contributed by atoms with Gasteiger partial charge < -0.3 is 24.8 Å². The Morgan fingerprint density at radius 1 is 0.903 bits per heavy atom. The summed E-state index contributed by atoms with van der Waals surface area (Å²) in [5, 5.41) is 29.4. The molecule has 5 heteroatoms. The van der Waals surface area contributed by atoms with Crippen LogP contribution in [0.15, 0.2) is 42.5 Å². The third-order valence-electron chi connectivity index (χ3n) is 5.95. The molecular weight excluding hydrogens is 392 g/mol. The predicted octanol–water partition coefficient (Wildman–Crippen LogP) is 5.16. The molecule has 172 valence electrons. The first kappa shape index (κ1) is 25.2. The lowest BCUT2D eigenvalue weighted by molar-refractivity contribution is 0.0185. The number of hydrogen-bond donors (Lipinski definition) is 3. The van der Waals surface area contributed by atoms with Crippen LogP contribution in [0.1, 0.15) is 76.2 Å². The molecule has 0 amide bonds. The number of aliphatic hydroxyl groups is 3. The van der Waals surface area contributed by atoms with Crippen LogP contribution in [0.2, 0.25) is 0 Å². The van der Waals surface area contributed by atoms with E-state index in [1.165, 1.54) is 0 Å². The second-order valence-electron chi connectivity index (χ2n) is 8.49. The fourth-order valence-corrected chi connectivity index (χ4v) is 3.69. The van der Waals surface area contributed by atoms with E-state index in [9.17, 15) is 15.3 Å². The molecule has 0 bridgehead atoms. The fraction of sp³-hybridized carbons (Fsp3) is 0.538. The highest BCUT2D eigenvalue weighted by molar-refractivity contribution is 5.36. The maximum absolute atomic E-state index is 10.4. The maximum atomic E-state index is 10.4. The van der Waals surface area contributed by atoms with Crippen LogP contribution < -0.4 is 9.47 Å². The van der Waals surface area contributed by atoms with Gasteiger partial charge >= 0.3 is 0 Å². The Labute approximate surface area is 186 Å². The standard InChI is InChI=1S/C26H38O5/c1-5-26(29,6-2)13-8-14-30-23-10-7-9-20(15-23)25(19(3)4)31-24-12-11-21(17-27)22(16-24)18-28/h7,9-12,15-16,19,25,27-29H,5-6,8,13-14,17-18H2,1-4H3. The summed E-state index contributed by atoms with van der Waals surface area (Å²) >= 11 is 0. The summed E-state index contributed by atoms with van der Waals surface area (Å²) in [4.78, 5) is 0. The fourth-order valence-electron chi connectivity index (χ4n) is 3.69. The van der Waals surface area contributed by atoms with Crippen molar-refractivity contribution in [1.82, 2.24) is 0 Å². The lowest BCUT2D eigenvalue weighted by atomic mass is 9.92.